The number of nitrogens with zero attached hydrogens (tertiary/aromatic N) is 1. The number of hydrogen-bond acceptors (Lipinski definition) is 7. The quantitative estimate of drug-likeness (QED) is 0.382. The first-order valence-electron chi connectivity index (χ1n) is 11.2. The van der Waals surface area contributed by atoms with Gasteiger partial charge >= 0.3 is 5.97 Å². The number of hydrogen-bond donors (Lipinski definition) is 0. The van der Waals surface area contributed by atoms with E-state index in [-0.39, 0.29) is 16.5 Å². The van der Waals surface area contributed by atoms with Crippen LogP contribution in [0, 0.1) is 0 Å². The van der Waals surface area contributed by atoms with Gasteiger partial charge in [-0.3, -0.25) is 9.10 Å². The molecule has 1 unspecified atom stereocenters. The Balaban J connectivity index is 1.31. The average Bonchev–Trinajstić information content (AvgIpc) is 3.23. The molecule has 5 rings (SSSR count). The number of anilines is 1. The van der Waals surface area contributed by atoms with Crippen LogP contribution in [-0.2, 0) is 21.2 Å². The summed E-state index contributed by atoms with van der Waals surface area (Å²) in [4.78, 5) is 25.2. The largest absolute Gasteiger partial charge is 0.486 e. The number of esters is 1. The zero-order valence-electron chi connectivity index (χ0n) is 19.0. The zero-order chi connectivity index (χ0) is 24.6. The van der Waals surface area contributed by atoms with Crippen LogP contribution in [0.2, 0.25) is 0 Å². The lowest BCUT2D eigenvalue weighted by Gasteiger charge is -2.24. The molecule has 180 valence electrons. The van der Waals surface area contributed by atoms with Gasteiger partial charge in [0.2, 0.25) is 0 Å². The summed E-state index contributed by atoms with van der Waals surface area (Å²) in [6.07, 6.45) is 0.610. The highest BCUT2D eigenvalue weighted by Gasteiger charge is 2.36. The highest BCUT2D eigenvalue weighted by molar-refractivity contribution is 7.92. The Bertz CT molecular complexity index is 1420. The van der Waals surface area contributed by atoms with Crippen molar-refractivity contribution in [2.75, 3.05) is 24.1 Å². The number of carbonyl (C=O) groups excluding carboxylic acids is 2. The van der Waals surface area contributed by atoms with Gasteiger partial charge in [-0.25, -0.2) is 13.2 Å². The van der Waals surface area contributed by atoms with Crippen LogP contribution < -0.4 is 13.8 Å². The second kappa shape index (κ2) is 9.07. The standard InChI is InChI=1S/C26H23NO7S/c1-17-13-18-5-2-3-8-22(18)27(17)35(30,31)21-7-4-6-20(14-21)26(29)34-16-23(28)19-9-10-24-25(15-19)33-12-11-32-24/h2-10,14-15,17H,11-13,16H2,1H3. The van der Waals surface area contributed by atoms with E-state index in [2.05, 4.69) is 0 Å². The third-order valence-corrected chi connectivity index (χ3v) is 7.89. The van der Waals surface area contributed by atoms with E-state index >= 15 is 0 Å². The van der Waals surface area contributed by atoms with E-state index in [4.69, 9.17) is 14.2 Å². The molecule has 9 heteroatoms. The Morgan fingerprint density at radius 2 is 1.71 bits per heavy atom. The number of fused-ring (bicyclic) bond motifs is 2. The minimum absolute atomic E-state index is 0.0198. The maximum Gasteiger partial charge on any atom is 0.338 e. The van der Waals surface area contributed by atoms with Gasteiger partial charge in [0.05, 0.1) is 16.1 Å². The van der Waals surface area contributed by atoms with Crippen molar-refractivity contribution in [3.8, 4) is 11.5 Å². The van der Waals surface area contributed by atoms with Gasteiger partial charge in [0.25, 0.3) is 10.0 Å². The van der Waals surface area contributed by atoms with Crippen molar-refractivity contribution in [1.29, 1.82) is 0 Å². The molecule has 0 aromatic heterocycles. The SMILES string of the molecule is CC1Cc2ccccc2N1S(=O)(=O)c1cccc(C(=O)OCC(=O)c2ccc3c(c2)OCCO3)c1. The molecule has 0 aliphatic carbocycles. The van der Waals surface area contributed by atoms with Crippen LogP contribution >= 0.6 is 0 Å². The molecule has 0 saturated carbocycles. The molecule has 2 aliphatic heterocycles. The topological polar surface area (TPSA) is 99.2 Å². The lowest BCUT2D eigenvalue weighted by atomic mass is 10.1. The van der Waals surface area contributed by atoms with Crippen LogP contribution in [0.5, 0.6) is 11.5 Å². The number of rotatable bonds is 6. The number of ether oxygens (including phenoxy) is 3. The number of ketones is 1. The predicted molar refractivity (Wildman–Crippen MR) is 128 cm³/mol. The number of carbonyl (C=O) groups is 2. The number of sulfonamides is 1. The van der Waals surface area contributed by atoms with Crippen LogP contribution in [0.4, 0.5) is 5.69 Å². The lowest BCUT2D eigenvalue weighted by Crippen LogP contribution is -2.35. The van der Waals surface area contributed by atoms with Crippen molar-refractivity contribution in [2.45, 2.75) is 24.3 Å². The molecule has 0 amide bonds. The van der Waals surface area contributed by atoms with Crippen LogP contribution in [0.3, 0.4) is 0 Å². The third-order valence-electron chi connectivity index (χ3n) is 5.97. The van der Waals surface area contributed by atoms with E-state index in [1.807, 2.05) is 19.1 Å². The number of para-hydroxylation sites is 1. The predicted octanol–water partition coefficient (Wildman–Crippen LogP) is 3.64. The van der Waals surface area contributed by atoms with Crippen LogP contribution in [0.1, 0.15) is 33.2 Å². The monoisotopic (exact) mass is 493 g/mol. The normalized spacial score (nSPS) is 16.5. The van der Waals surface area contributed by atoms with Crippen LogP contribution in [0.25, 0.3) is 0 Å². The smallest absolute Gasteiger partial charge is 0.338 e. The minimum atomic E-state index is -3.91. The van der Waals surface area contributed by atoms with Gasteiger partial charge < -0.3 is 14.2 Å². The van der Waals surface area contributed by atoms with Crippen LogP contribution in [-0.4, -0.2) is 46.0 Å². The summed E-state index contributed by atoms with van der Waals surface area (Å²) >= 11 is 0. The first-order chi connectivity index (χ1) is 16.8. The molecular formula is C26H23NO7S. The summed E-state index contributed by atoms with van der Waals surface area (Å²) in [7, 11) is -3.91. The van der Waals surface area contributed by atoms with Gasteiger partial charge in [-0.1, -0.05) is 24.3 Å². The highest BCUT2D eigenvalue weighted by atomic mass is 32.2. The Morgan fingerprint density at radius 3 is 2.54 bits per heavy atom. The minimum Gasteiger partial charge on any atom is -0.486 e. The molecule has 1 atom stereocenters. The molecule has 3 aromatic rings. The molecule has 0 radical (unpaired) electrons. The molecule has 0 fully saturated rings. The lowest BCUT2D eigenvalue weighted by molar-refractivity contribution is 0.0474. The van der Waals surface area contributed by atoms with Gasteiger partial charge in [0.15, 0.2) is 23.9 Å². The van der Waals surface area contributed by atoms with Crippen molar-refractivity contribution >= 4 is 27.5 Å². The molecule has 8 nitrogen and oxygen atoms in total. The Hall–Kier alpha value is -3.85. The molecule has 0 N–H and O–H groups in total. The van der Waals surface area contributed by atoms with Gasteiger partial charge in [0, 0.05) is 11.6 Å². The van der Waals surface area contributed by atoms with E-state index < -0.39 is 28.4 Å². The second-order valence-electron chi connectivity index (χ2n) is 8.37. The van der Waals surface area contributed by atoms with Gasteiger partial charge in [0.1, 0.15) is 13.2 Å². The van der Waals surface area contributed by atoms with E-state index in [1.54, 1.807) is 30.3 Å². The van der Waals surface area contributed by atoms with Crippen molar-refractivity contribution in [3.63, 3.8) is 0 Å². The van der Waals surface area contributed by atoms with Crippen molar-refractivity contribution in [1.82, 2.24) is 0 Å². The van der Waals surface area contributed by atoms with Gasteiger partial charge in [-0.15, -0.1) is 0 Å². The molecule has 2 heterocycles. The molecule has 0 saturated heterocycles. The molecule has 2 aliphatic rings. The molecule has 0 spiro atoms. The summed E-state index contributed by atoms with van der Waals surface area (Å²) in [6.45, 7) is 2.18. The third kappa shape index (κ3) is 4.35. The molecular weight excluding hydrogens is 470 g/mol. The summed E-state index contributed by atoms with van der Waals surface area (Å²) < 4.78 is 44.4. The summed E-state index contributed by atoms with van der Waals surface area (Å²) in [5.74, 6) is -0.189. The Labute approximate surface area is 203 Å². The van der Waals surface area contributed by atoms with Crippen molar-refractivity contribution in [3.05, 3.63) is 83.4 Å². The maximum absolute atomic E-state index is 13.4. The van der Waals surface area contributed by atoms with E-state index in [1.165, 1.54) is 28.6 Å². The number of Topliss-reactive ketones (excluding diaryl/α,β-unsaturated/α-hetero) is 1. The summed E-state index contributed by atoms with van der Waals surface area (Å²) in [6, 6.07) is 17.5. The first kappa shape index (κ1) is 22.9. The second-order valence-corrected chi connectivity index (χ2v) is 10.2. The van der Waals surface area contributed by atoms with E-state index in [0.717, 1.165) is 5.56 Å². The molecule has 0 bridgehead atoms. The molecule has 35 heavy (non-hydrogen) atoms. The fourth-order valence-corrected chi connectivity index (χ4v) is 6.05. The average molecular weight is 494 g/mol. The summed E-state index contributed by atoms with van der Waals surface area (Å²) in [5, 5.41) is 0. The number of benzene rings is 3. The Morgan fingerprint density at radius 1 is 0.943 bits per heavy atom. The zero-order valence-corrected chi connectivity index (χ0v) is 19.8. The fraction of sp³-hybridized carbons (Fsp3) is 0.231. The van der Waals surface area contributed by atoms with Gasteiger partial charge in [-0.2, -0.15) is 0 Å². The van der Waals surface area contributed by atoms with Gasteiger partial charge in [-0.05, 0) is 61.4 Å². The highest BCUT2D eigenvalue weighted by Crippen LogP contribution is 2.36. The summed E-state index contributed by atoms with van der Waals surface area (Å²) in [5.41, 5.74) is 1.95. The Kier molecular flexibility index (Phi) is 5.94. The van der Waals surface area contributed by atoms with E-state index in [9.17, 15) is 18.0 Å². The molecule has 3 aromatic carbocycles. The maximum atomic E-state index is 13.4. The first-order valence-corrected chi connectivity index (χ1v) is 12.6. The fourth-order valence-electron chi connectivity index (χ4n) is 4.32. The van der Waals surface area contributed by atoms with Crippen molar-refractivity contribution in [2.24, 2.45) is 0 Å². The van der Waals surface area contributed by atoms with E-state index in [0.29, 0.717) is 42.4 Å². The van der Waals surface area contributed by atoms with Crippen molar-refractivity contribution < 1.29 is 32.2 Å². The van der Waals surface area contributed by atoms with Crippen LogP contribution in [0.15, 0.2) is 71.6 Å².